The maximum absolute atomic E-state index is 13.6. The molecule has 112 valence electrons. The van der Waals surface area contributed by atoms with E-state index in [9.17, 15) is 26.0 Å². The first-order chi connectivity index (χ1) is 9.70. The summed E-state index contributed by atoms with van der Waals surface area (Å²) in [4.78, 5) is -0.621. The van der Waals surface area contributed by atoms with Gasteiger partial charge in [0.15, 0.2) is 11.6 Å². The molecule has 0 aliphatic heterocycles. The van der Waals surface area contributed by atoms with Gasteiger partial charge in [0, 0.05) is 6.07 Å². The summed E-state index contributed by atoms with van der Waals surface area (Å²) in [5.74, 6) is -4.52. The van der Waals surface area contributed by atoms with Crippen molar-refractivity contribution >= 4 is 31.6 Å². The second kappa shape index (κ2) is 5.64. The summed E-state index contributed by atoms with van der Waals surface area (Å²) in [5, 5.41) is 0. The Kier molecular flexibility index (Phi) is 4.24. The molecule has 0 aliphatic carbocycles. The van der Waals surface area contributed by atoms with Gasteiger partial charge in [0.25, 0.3) is 10.0 Å². The molecule has 0 fully saturated rings. The summed E-state index contributed by atoms with van der Waals surface area (Å²) < 4.78 is 78.1. The zero-order chi connectivity index (χ0) is 15.8. The normalized spacial score (nSPS) is 11.5. The minimum absolute atomic E-state index is 0.184. The van der Waals surface area contributed by atoms with Crippen molar-refractivity contribution in [1.82, 2.24) is 0 Å². The van der Waals surface area contributed by atoms with E-state index in [0.717, 1.165) is 12.1 Å². The second-order valence-corrected chi connectivity index (χ2v) is 6.46. The average molecular weight is 384 g/mol. The summed E-state index contributed by atoms with van der Waals surface area (Å²) in [5.41, 5.74) is -0.652. The molecule has 0 spiro atoms. The lowest BCUT2D eigenvalue weighted by atomic mass is 10.3. The van der Waals surface area contributed by atoms with Crippen LogP contribution >= 0.6 is 15.9 Å². The van der Waals surface area contributed by atoms with Crippen molar-refractivity contribution in [2.24, 2.45) is 0 Å². The van der Waals surface area contributed by atoms with Crippen molar-refractivity contribution in [3.05, 3.63) is 58.1 Å². The number of hydrogen-bond acceptors (Lipinski definition) is 2. The van der Waals surface area contributed by atoms with Crippen molar-refractivity contribution < 1.29 is 26.0 Å². The van der Waals surface area contributed by atoms with Crippen LogP contribution < -0.4 is 4.72 Å². The van der Waals surface area contributed by atoms with Gasteiger partial charge < -0.3 is 0 Å². The number of anilines is 1. The molecule has 0 radical (unpaired) electrons. The largest absolute Gasteiger partial charge is 0.277 e. The van der Waals surface area contributed by atoms with Gasteiger partial charge in [0.2, 0.25) is 0 Å². The highest BCUT2D eigenvalue weighted by atomic mass is 79.9. The van der Waals surface area contributed by atoms with Crippen LogP contribution in [0.25, 0.3) is 0 Å². The maximum atomic E-state index is 13.6. The van der Waals surface area contributed by atoms with E-state index in [1.807, 2.05) is 0 Å². The van der Waals surface area contributed by atoms with Crippen LogP contribution in [0.15, 0.2) is 39.7 Å². The topological polar surface area (TPSA) is 46.2 Å². The van der Waals surface area contributed by atoms with E-state index in [1.54, 1.807) is 4.72 Å². The first kappa shape index (κ1) is 15.8. The molecule has 0 heterocycles. The number of benzene rings is 2. The van der Waals surface area contributed by atoms with Crippen molar-refractivity contribution in [2.45, 2.75) is 4.90 Å². The van der Waals surface area contributed by atoms with Gasteiger partial charge in [-0.1, -0.05) is 0 Å². The molecule has 2 aromatic rings. The molecule has 0 saturated heterocycles. The lowest BCUT2D eigenvalue weighted by Crippen LogP contribution is -2.14. The van der Waals surface area contributed by atoms with Crippen LogP contribution in [0.5, 0.6) is 0 Å². The van der Waals surface area contributed by atoms with E-state index in [0.29, 0.717) is 18.2 Å². The Morgan fingerprint density at radius 2 is 1.52 bits per heavy atom. The quantitative estimate of drug-likeness (QED) is 0.647. The van der Waals surface area contributed by atoms with Gasteiger partial charge in [0.05, 0.1) is 15.1 Å². The Balaban J connectivity index is 2.42. The van der Waals surface area contributed by atoms with Crippen LogP contribution in [0.1, 0.15) is 0 Å². The Bertz CT molecular complexity index is 811. The van der Waals surface area contributed by atoms with Gasteiger partial charge in [0.1, 0.15) is 11.6 Å². The third kappa shape index (κ3) is 3.35. The molecular weight excluding hydrogens is 378 g/mol. The average Bonchev–Trinajstić information content (AvgIpc) is 2.39. The number of sulfonamides is 1. The fourth-order valence-corrected chi connectivity index (χ4v) is 2.83. The predicted octanol–water partition coefficient (Wildman–Crippen LogP) is 3.81. The van der Waals surface area contributed by atoms with Crippen molar-refractivity contribution in [1.29, 1.82) is 0 Å². The maximum Gasteiger partial charge on any atom is 0.262 e. The number of rotatable bonds is 3. The Morgan fingerprint density at radius 1 is 0.857 bits per heavy atom. The SMILES string of the molecule is O=S(=O)(Nc1cc(F)c(Br)cc1F)c1ccc(F)c(F)c1. The summed E-state index contributed by atoms with van der Waals surface area (Å²) in [6.45, 7) is 0. The van der Waals surface area contributed by atoms with Gasteiger partial charge in [-0.25, -0.2) is 26.0 Å². The zero-order valence-corrected chi connectivity index (χ0v) is 12.4. The van der Waals surface area contributed by atoms with Crippen LogP contribution in [0.2, 0.25) is 0 Å². The predicted molar refractivity (Wildman–Crippen MR) is 71.2 cm³/mol. The van der Waals surface area contributed by atoms with Gasteiger partial charge in [-0.2, -0.15) is 0 Å². The summed E-state index contributed by atoms with van der Waals surface area (Å²) >= 11 is 2.74. The van der Waals surface area contributed by atoms with Crippen molar-refractivity contribution in [3.8, 4) is 0 Å². The lowest BCUT2D eigenvalue weighted by Gasteiger charge is -2.10. The summed E-state index contributed by atoms with van der Waals surface area (Å²) in [6, 6.07) is 3.20. The first-order valence-corrected chi connectivity index (χ1v) is 7.61. The van der Waals surface area contributed by atoms with Crippen molar-refractivity contribution in [2.75, 3.05) is 4.72 Å². The highest BCUT2D eigenvalue weighted by Gasteiger charge is 2.19. The van der Waals surface area contributed by atoms with Gasteiger partial charge in [-0.05, 0) is 40.2 Å². The zero-order valence-electron chi connectivity index (χ0n) is 10.0. The standard InChI is InChI=1S/C12H6BrF4NO2S/c13-7-4-11(17)12(5-9(7)15)18-21(19,20)6-1-2-8(14)10(16)3-6/h1-5,18H. The molecule has 21 heavy (non-hydrogen) atoms. The molecule has 1 N–H and O–H groups in total. The van der Waals surface area contributed by atoms with E-state index >= 15 is 0 Å². The molecular formula is C12H6BrF4NO2S. The molecule has 0 bridgehead atoms. The molecule has 0 aromatic heterocycles. The van der Waals surface area contributed by atoms with E-state index in [1.165, 1.54) is 0 Å². The molecule has 2 rings (SSSR count). The van der Waals surface area contributed by atoms with Crippen LogP contribution in [0, 0.1) is 23.3 Å². The number of halogens is 5. The lowest BCUT2D eigenvalue weighted by molar-refractivity contribution is 0.504. The third-order valence-corrected chi connectivity index (χ3v) is 4.43. The Hall–Kier alpha value is -1.61. The molecule has 2 aromatic carbocycles. The second-order valence-electron chi connectivity index (χ2n) is 3.93. The van der Waals surface area contributed by atoms with Crippen LogP contribution in [0.3, 0.4) is 0 Å². The van der Waals surface area contributed by atoms with Gasteiger partial charge in [-0.15, -0.1) is 0 Å². The fraction of sp³-hybridized carbons (Fsp3) is 0. The minimum atomic E-state index is -4.38. The van der Waals surface area contributed by atoms with Gasteiger partial charge >= 0.3 is 0 Å². The van der Waals surface area contributed by atoms with Gasteiger partial charge in [-0.3, -0.25) is 4.72 Å². The molecule has 0 saturated carbocycles. The minimum Gasteiger partial charge on any atom is -0.277 e. The first-order valence-electron chi connectivity index (χ1n) is 5.33. The molecule has 0 aliphatic rings. The Labute approximate surface area is 125 Å². The van der Waals surface area contributed by atoms with Crippen LogP contribution in [-0.2, 0) is 10.0 Å². The van der Waals surface area contributed by atoms with E-state index < -0.39 is 43.9 Å². The molecule has 9 heteroatoms. The molecule has 3 nitrogen and oxygen atoms in total. The van der Waals surface area contributed by atoms with Crippen LogP contribution in [-0.4, -0.2) is 8.42 Å². The highest BCUT2D eigenvalue weighted by molar-refractivity contribution is 9.10. The van der Waals surface area contributed by atoms with Crippen molar-refractivity contribution in [3.63, 3.8) is 0 Å². The summed E-state index contributed by atoms with van der Waals surface area (Å²) in [7, 11) is -4.38. The highest BCUT2D eigenvalue weighted by Crippen LogP contribution is 2.25. The van der Waals surface area contributed by atoms with Crippen LogP contribution in [0.4, 0.5) is 23.2 Å². The molecule has 0 unspecified atom stereocenters. The monoisotopic (exact) mass is 383 g/mol. The summed E-state index contributed by atoms with van der Waals surface area (Å²) in [6.07, 6.45) is 0. The smallest absolute Gasteiger partial charge is 0.262 e. The van der Waals surface area contributed by atoms with E-state index in [4.69, 9.17) is 0 Å². The Morgan fingerprint density at radius 3 is 2.14 bits per heavy atom. The molecule has 0 atom stereocenters. The van der Waals surface area contributed by atoms with E-state index in [2.05, 4.69) is 15.9 Å². The number of nitrogens with one attached hydrogen (secondary N) is 1. The van der Waals surface area contributed by atoms with E-state index in [-0.39, 0.29) is 4.47 Å². The third-order valence-electron chi connectivity index (χ3n) is 2.46. The molecule has 0 amide bonds. The number of hydrogen-bond donors (Lipinski definition) is 1. The fourth-order valence-electron chi connectivity index (χ4n) is 1.45.